The summed E-state index contributed by atoms with van der Waals surface area (Å²) in [6.45, 7) is 2.07. The third kappa shape index (κ3) is 2.93. The van der Waals surface area contributed by atoms with Gasteiger partial charge in [0.25, 0.3) is 5.89 Å². The van der Waals surface area contributed by atoms with Crippen molar-refractivity contribution in [2.75, 3.05) is 0 Å². The van der Waals surface area contributed by atoms with Crippen LogP contribution in [-0.4, -0.2) is 16.2 Å². The molecule has 1 unspecified atom stereocenters. The molecule has 108 valence electrons. The molecule has 0 saturated heterocycles. The first-order valence-corrected chi connectivity index (χ1v) is 7.39. The molecule has 5 nitrogen and oxygen atoms in total. The van der Waals surface area contributed by atoms with Crippen LogP contribution in [0.4, 0.5) is 0 Å². The molecule has 0 N–H and O–H groups in total. The SMILES string of the molecule is CCC(OC1CCCCC1)c1nc(-c2ccco2)no1. The van der Waals surface area contributed by atoms with Gasteiger partial charge in [0.15, 0.2) is 5.76 Å². The van der Waals surface area contributed by atoms with Crippen LogP contribution in [0.1, 0.15) is 57.4 Å². The quantitative estimate of drug-likeness (QED) is 0.821. The maximum atomic E-state index is 6.13. The van der Waals surface area contributed by atoms with E-state index in [1.807, 2.05) is 6.07 Å². The summed E-state index contributed by atoms with van der Waals surface area (Å²) >= 11 is 0. The average molecular weight is 276 g/mol. The van der Waals surface area contributed by atoms with Crippen LogP contribution < -0.4 is 0 Å². The topological polar surface area (TPSA) is 61.3 Å². The van der Waals surface area contributed by atoms with Crippen LogP contribution in [-0.2, 0) is 4.74 Å². The summed E-state index contributed by atoms with van der Waals surface area (Å²) in [6, 6.07) is 3.62. The van der Waals surface area contributed by atoms with Gasteiger partial charge in [-0.05, 0) is 31.4 Å². The summed E-state index contributed by atoms with van der Waals surface area (Å²) < 4.78 is 16.7. The van der Waals surface area contributed by atoms with Gasteiger partial charge in [-0.1, -0.05) is 31.3 Å². The first-order valence-electron chi connectivity index (χ1n) is 7.39. The molecule has 0 aliphatic heterocycles. The van der Waals surface area contributed by atoms with E-state index in [-0.39, 0.29) is 6.10 Å². The third-order valence-corrected chi connectivity index (χ3v) is 3.74. The van der Waals surface area contributed by atoms with Crippen LogP contribution in [0, 0.1) is 0 Å². The lowest BCUT2D eigenvalue weighted by molar-refractivity contribution is -0.0468. The number of aromatic nitrogens is 2. The summed E-state index contributed by atoms with van der Waals surface area (Å²) in [5.74, 6) is 1.65. The Labute approximate surface area is 118 Å². The van der Waals surface area contributed by atoms with Crippen molar-refractivity contribution in [3.63, 3.8) is 0 Å². The molecule has 20 heavy (non-hydrogen) atoms. The number of hydrogen-bond acceptors (Lipinski definition) is 5. The molecule has 0 bridgehead atoms. The van der Waals surface area contributed by atoms with Crippen LogP contribution in [0.25, 0.3) is 11.6 Å². The van der Waals surface area contributed by atoms with Gasteiger partial charge in [0.2, 0.25) is 5.82 Å². The lowest BCUT2D eigenvalue weighted by Gasteiger charge is -2.25. The van der Waals surface area contributed by atoms with Crippen molar-refractivity contribution in [1.82, 2.24) is 10.1 Å². The zero-order valence-electron chi connectivity index (χ0n) is 11.7. The summed E-state index contributed by atoms with van der Waals surface area (Å²) in [4.78, 5) is 4.39. The van der Waals surface area contributed by atoms with E-state index < -0.39 is 0 Å². The van der Waals surface area contributed by atoms with Crippen molar-refractivity contribution in [1.29, 1.82) is 0 Å². The molecule has 1 atom stereocenters. The van der Waals surface area contributed by atoms with E-state index in [9.17, 15) is 0 Å². The minimum atomic E-state index is -0.116. The lowest BCUT2D eigenvalue weighted by atomic mass is 9.97. The van der Waals surface area contributed by atoms with Crippen LogP contribution in [0.15, 0.2) is 27.3 Å². The summed E-state index contributed by atoms with van der Waals surface area (Å²) in [6.07, 6.45) is 8.73. The number of furan rings is 1. The largest absolute Gasteiger partial charge is 0.461 e. The number of ether oxygens (including phenoxy) is 1. The van der Waals surface area contributed by atoms with Gasteiger partial charge in [0.1, 0.15) is 6.10 Å². The molecule has 1 fully saturated rings. The smallest absolute Gasteiger partial charge is 0.256 e. The molecular weight excluding hydrogens is 256 g/mol. The van der Waals surface area contributed by atoms with Crippen LogP contribution in [0.3, 0.4) is 0 Å². The fourth-order valence-corrected chi connectivity index (χ4v) is 2.63. The summed E-state index contributed by atoms with van der Waals surface area (Å²) in [5.41, 5.74) is 0. The van der Waals surface area contributed by atoms with Crippen molar-refractivity contribution in [2.24, 2.45) is 0 Å². The van der Waals surface area contributed by atoms with Crippen molar-refractivity contribution in [2.45, 2.75) is 57.7 Å². The molecule has 0 amide bonds. The molecular formula is C15H20N2O3. The van der Waals surface area contributed by atoms with Crippen molar-refractivity contribution < 1.29 is 13.7 Å². The monoisotopic (exact) mass is 276 g/mol. The Morgan fingerprint density at radius 1 is 1.35 bits per heavy atom. The highest BCUT2D eigenvalue weighted by atomic mass is 16.5. The minimum Gasteiger partial charge on any atom is -0.461 e. The maximum absolute atomic E-state index is 6.13. The molecule has 2 heterocycles. The standard InChI is InChI=1S/C15H20N2O3/c1-2-12(19-11-7-4-3-5-8-11)15-16-14(17-20-15)13-9-6-10-18-13/h6,9-12H,2-5,7-8H2,1H3. The van der Waals surface area contributed by atoms with Gasteiger partial charge in [-0.25, -0.2) is 0 Å². The molecule has 5 heteroatoms. The number of rotatable bonds is 5. The van der Waals surface area contributed by atoms with E-state index in [1.165, 1.54) is 19.3 Å². The van der Waals surface area contributed by atoms with E-state index in [0.29, 0.717) is 23.6 Å². The van der Waals surface area contributed by atoms with E-state index >= 15 is 0 Å². The lowest BCUT2D eigenvalue weighted by Crippen LogP contribution is -2.19. The van der Waals surface area contributed by atoms with Gasteiger partial charge < -0.3 is 13.7 Å². The fourth-order valence-electron chi connectivity index (χ4n) is 2.63. The van der Waals surface area contributed by atoms with Crippen molar-refractivity contribution >= 4 is 0 Å². The first kappa shape index (κ1) is 13.4. The van der Waals surface area contributed by atoms with Crippen molar-refractivity contribution in [3.05, 3.63) is 24.3 Å². The van der Waals surface area contributed by atoms with E-state index in [2.05, 4.69) is 17.1 Å². The molecule has 1 aliphatic rings. The van der Waals surface area contributed by atoms with Crippen LogP contribution in [0.2, 0.25) is 0 Å². The minimum absolute atomic E-state index is 0.116. The third-order valence-electron chi connectivity index (χ3n) is 3.74. The van der Waals surface area contributed by atoms with E-state index in [0.717, 1.165) is 19.3 Å². The number of hydrogen-bond donors (Lipinski definition) is 0. The second-order valence-electron chi connectivity index (χ2n) is 5.23. The highest BCUT2D eigenvalue weighted by Crippen LogP contribution is 2.29. The molecule has 3 rings (SSSR count). The Hall–Kier alpha value is -1.62. The zero-order valence-corrected chi connectivity index (χ0v) is 11.7. The Morgan fingerprint density at radius 3 is 2.90 bits per heavy atom. The molecule has 0 radical (unpaired) electrons. The predicted molar refractivity (Wildman–Crippen MR) is 73.0 cm³/mol. The van der Waals surface area contributed by atoms with Crippen LogP contribution >= 0.6 is 0 Å². The highest BCUT2D eigenvalue weighted by Gasteiger charge is 2.24. The predicted octanol–water partition coefficient (Wildman–Crippen LogP) is 4.13. The maximum Gasteiger partial charge on any atom is 0.256 e. The fraction of sp³-hybridized carbons (Fsp3) is 0.600. The Bertz CT molecular complexity index is 515. The second kappa shape index (κ2) is 6.22. The molecule has 2 aromatic heterocycles. The van der Waals surface area contributed by atoms with Gasteiger partial charge in [-0.3, -0.25) is 0 Å². The highest BCUT2D eigenvalue weighted by molar-refractivity contribution is 5.44. The molecule has 2 aromatic rings. The van der Waals surface area contributed by atoms with Gasteiger partial charge in [-0.15, -0.1) is 0 Å². The van der Waals surface area contributed by atoms with E-state index in [4.69, 9.17) is 13.7 Å². The Kier molecular flexibility index (Phi) is 4.16. The van der Waals surface area contributed by atoms with Gasteiger partial charge in [-0.2, -0.15) is 4.98 Å². The van der Waals surface area contributed by atoms with E-state index in [1.54, 1.807) is 12.3 Å². The molecule has 0 aromatic carbocycles. The van der Waals surface area contributed by atoms with Gasteiger partial charge >= 0.3 is 0 Å². The Balaban J connectivity index is 1.69. The second-order valence-corrected chi connectivity index (χ2v) is 5.23. The molecule has 1 saturated carbocycles. The first-order chi connectivity index (χ1) is 9.86. The normalized spacial score (nSPS) is 18.2. The molecule has 0 spiro atoms. The van der Waals surface area contributed by atoms with Gasteiger partial charge in [0, 0.05) is 0 Å². The Morgan fingerprint density at radius 2 is 2.20 bits per heavy atom. The van der Waals surface area contributed by atoms with Crippen LogP contribution in [0.5, 0.6) is 0 Å². The number of nitrogens with zero attached hydrogens (tertiary/aromatic N) is 2. The molecule has 1 aliphatic carbocycles. The summed E-state index contributed by atoms with van der Waals surface area (Å²) in [5, 5.41) is 3.96. The zero-order chi connectivity index (χ0) is 13.8. The average Bonchev–Trinajstić information content (AvgIpc) is 3.16. The summed E-state index contributed by atoms with van der Waals surface area (Å²) in [7, 11) is 0. The van der Waals surface area contributed by atoms with Crippen molar-refractivity contribution in [3.8, 4) is 11.6 Å². The van der Waals surface area contributed by atoms with Gasteiger partial charge in [0.05, 0.1) is 12.4 Å².